The number of imidazole rings is 2. The molecule has 0 radical (unpaired) electrons. The Hall–Kier alpha value is -5.84. The van der Waals surface area contributed by atoms with Crippen molar-refractivity contribution in [1.82, 2.24) is 40.4 Å². The Balaban J connectivity index is 1.13. The molecular weight excluding hydrogens is 701 g/mol. The fraction of sp³-hybridized carbons (Fsp3) is 0.463. The smallest absolute Gasteiger partial charge is 0.407 e. The van der Waals surface area contributed by atoms with Gasteiger partial charge >= 0.3 is 12.2 Å². The highest BCUT2D eigenvalue weighted by atomic mass is 16.5. The van der Waals surface area contributed by atoms with Crippen molar-refractivity contribution in [2.45, 2.75) is 90.5 Å². The summed E-state index contributed by atoms with van der Waals surface area (Å²) in [5.74, 6) is 7.39. The number of ether oxygens (including phenoxy) is 2. The van der Waals surface area contributed by atoms with Crippen LogP contribution in [0.3, 0.4) is 0 Å². The number of rotatable bonds is 9. The van der Waals surface area contributed by atoms with Crippen molar-refractivity contribution in [3.05, 3.63) is 71.4 Å². The number of H-pyrrole nitrogens is 2. The van der Waals surface area contributed by atoms with E-state index in [9.17, 15) is 19.2 Å². The van der Waals surface area contributed by atoms with Crippen LogP contribution in [0.15, 0.2) is 48.7 Å². The fourth-order valence-electron chi connectivity index (χ4n) is 7.47. The summed E-state index contributed by atoms with van der Waals surface area (Å²) in [5.41, 5.74) is 5.04. The van der Waals surface area contributed by atoms with E-state index in [0.29, 0.717) is 18.2 Å². The zero-order valence-electron chi connectivity index (χ0n) is 32.4. The van der Waals surface area contributed by atoms with Gasteiger partial charge in [-0.05, 0) is 80.3 Å². The van der Waals surface area contributed by atoms with Crippen LogP contribution in [0.2, 0.25) is 0 Å². The number of hydrogen-bond acceptors (Lipinski definition) is 8. The number of benzene rings is 2. The molecule has 290 valence electrons. The molecule has 0 bridgehead atoms. The molecule has 14 heteroatoms. The van der Waals surface area contributed by atoms with E-state index in [1.165, 1.54) is 14.2 Å². The average Bonchev–Trinajstić information content (AvgIpc) is 4.00. The van der Waals surface area contributed by atoms with Crippen LogP contribution >= 0.6 is 0 Å². The predicted octanol–water partition coefficient (Wildman–Crippen LogP) is 5.83. The Kier molecular flexibility index (Phi) is 11.8. The lowest BCUT2D eigenvalue weighted by Crippen LogP contribution is -2.52. The van der Waals surface area contributed by atoms with Crippen molar-refractivity contribution in [3.63, 3.8) is 0 Å². The number of carbonyl (C=O) groups excluding carboxylic acids is 4. The summed E-state index contributed by atoms with van der Waals surface area (Å²) < 4.78 is 9.52. The number of nitrogens with zero attached hydrogens (tertiary/aromatic N) is 4. The summed E-state index contributed by atoms with van der Waals surface area (Å²) >= 11 is 0. The van der Waals surface area contributed by atoms with Gasteiger partial charge in [-0.25, -0.2) is 19.6 Å². The van der Waals surface area contributed by atoms with Crippen molar-refractivity contribution in [3.8, 4) is 23.1 Å². The Morgan fingerprint density at radius 1 is 0.800 bits per heavy atom. The van der Waals surface area contributed by atoms with E-state index in [0.717, 1.165) is 59.1 Å². The van der Waals surface area contributed by atoms with E-state index < -0.39 is 24.3 Å². The van der Waals surface area contributed by atoms with Crippen molar-refractivity contribution in [1.29, 1.82) is 0 Å². The lowest BCUT2D eigenvalue weighted by Gasteiger charge is -2.32. The van der Waals surface area contributed by atoms with Gasteiger partial charge < -0.3 is 39.9 Å². The number of aromatic nitrogens is 4. The van der Waals surface area contributed by atoms with Crippen LogP contribution in [0.1, 0.15) is 95.2 Å². The van der Waals surface area contributed by atoms with Crippen LogP contribution < -0.4 is 10.6 Å². The molecule has 55 heavy (non-hydrogen) atoms. The molecule has 2 aromatic carbocycles. The topological polar surface area (TPSA) is 175 Å². The minimum Gasteiger partial charge on any atom is -0.453 e. The van der Waals surface area contributed by atoms with E-state index in [1.54, 1.807) is 11.1 Å². The standard InChI is InChI=1S/C41H50N8O6/c1-23(2)34(46-40(52)54-6)38(50)48-20-8-9-32(48)36-42-22-31(45-36)28-16-13-26(14-17-28)11-12-27-15-18-29-30(21-27)44-37(43-29)33-19-10-25(5)49(33)39(51)35(24(3)4)47-41(53)55-7/h13-18,21-25,32-35H,8-10,19-20H2,1-7H3,(H,42,45)(H,43,44)(H,46,52)(H,47,53)/t25-,32-,33-,34-,35-/m0/s1. The first-order chi connectivity index (χ1) is 26.4. The summed E-state index contributed by atoms with van der Waals surface area (Å²) in [7, 11) is 2.57. The number of amides is 4. The zero-order chi connectivity index (χ0) is 39.4. The molecule has 6 rings (SSSR count). The van der Waals surface area contributed by atoms with Crippen LogP contribution in [-0.4, -0.2) is 92.6 Å². The normalized spacial score (nSPS) is 19.3. The van der Waals surface area contributed by atoms with Crippen LogP contribution in [0, 0.1) is 23.7 Å². The molecule has 0 aliphatic carbocycles. The van der Waals surface area contributed by atoms with E-state index in [1.807, 2.05) is 82.0 Å². The monoisotopic (exact) mass is 750 g/mol. The molecule has 2 saturated heterocycles. The van der Waals surface area contributed by atoms with Gasteiger partial charge in [-0.1, -0.05) is 51.7 Å². The Morgan fingerprint density at radius 2 is 1.44 bits per heavy atom. The van der Waals surface area contributed by atoms with Crippen molar-refractivity contribution >= 4 is 35.0 Å². The molecule has 2 aromatic heterocycles. The van der Waals surface area contributed by atoms with Crippen LogP contribution in [0.25, 0.3) is 22.3 Å². The maximum atomic E-state index is 13.8. The first-order valence-corrected chi connectivity index (χ1v) is 18.9. The highest BCUT2D eigenvalue weighted by Crippen LogP contribution is 2.37. The van der Waals surface area contributed by atoms with Gasteiger partial charge in [-0.15, -0.1) is 0 Å². The maximum absolute atomic E-state index is 13.8. The molecule has 0 saturated carbocycles. The van der Waals surface area contributed by atoms with Crippen LogP contribution in [0.5, 0.6) is 0 Å². The van der Waals surface area contributed by atoms with Crippen LogP contribution in [0.4, 0.5) is 9.59 Å². The van der Waals surface area contributed by atoms with Gasteiger partial charge in [-0.3, -0.25) is 9.59 Å². The number of fused-ring (bicyclic) bond motifs is 1. The number of carbonyl (C=O) groups is 4. The van der Waals surface area contributed by atoms with Gasteiger partial charge in [0.2, 0.25) is 11.8 Å². The molecule has 2 aliphatic heterocycles. The summed E-state index contributed by atoms with van der Waals surface area (Å²) in [6.45, 7) is 10.2. The summed E-state index contributed by atoms with van der Waals surface area (Å²) in [6.07, 6.45) is 3.71. The zero-order valence-corrected chi connectivity index (χ0v) is 32.4. The Morgan fingerprint density at radius 3 is 2.09 bits per heavy atom. The lowest BCUT2D eigenvalue weighted by atomic mass is 10.0. The van der Waals surface area contributed by atoms with Crippen molar-refractivity contribution < 1.29 is 28.7 Å². The van der Waals surface area contributed by atoms with E-state index in [4.69, 9.17) is 14.5 Å². The minimum absolute atomic E-state index is 0.0104. The van der Waals surface area contributed by atoms with Crippen LogP contribution in [-0.2, 0) is 19.1 Å². The number of nitrogens with one attached hydrogen (secondary N) is 4. The summed E-state index contributed by atoms with van der Waals surface area (Å²) in [6, 6.07) is 11.8. The first-order valence-electron chi connectivity index (χ1n) is 18.9. The third kappa shape index (κ3) is 8.46. The predicted molar refractivity (Wildman–Crippen MR) is 206 cm³/mol. The number of alkyl carbamates (subject to hydrolysis) is 2. The second kappa shape index (κ2) is 16.7. The number of aromatic amines is 2. The van der Waals surface area contributed by atoms with Gasteiger partial charge in [0.05, 0.1) is 49.2 Å². The molecular formula is C41H50N8O6. The Bertz CT molecular complexity index is 2090. The average molecular weight is 751 g/mol. The highest BCUT2D eigenvalue weighted by Gasteiger charge is 2.41. The SMILES string of the molecule is COC(=O)N[C@H](C(=O)N1CCC[C@H]1c1ncc(-c2ccc(C#Cc3ccc4nc([C@@H]5CC[C@H](C)N5C(=O)[C@@H](NC(=O)OC)C(C)C)[nH]c4c3)cc2)[nH]1)C(C)C. The summed E-state index contributed by atoms with van der Waals surface area (Å²) in [5, 5.41) is 5.39. The molecule has 4 N–H and O–H groups in total. The van der Waals surface area contributed by atoms with Crippen molar-refractivity contribution in [2.75, 3.05) is 20.8 Å². The minimum atomic E-state index is -0.713. The number of hydrogen-bond donors (Lipinski definition) is 4. The molecule has 0 spiro atoms. The lowest BCUT2D eigenvalue weighted by molar-refractivity contribution is -0.137. The molecule has 2 fully saturated rings. The molecule has 4 heterocycles. The highest BCUT2D eigenvalue weighted by molar-refractivity contribution is 5.87. The van der Waals surface area contributed by atoms with E-state index in [2.05, 4.69) is 37.4 Å². The largest absolute Gasteiger partial charge is 0.453 e. The first kappa shape index (κ1) is 38.9. The second-order valence-electron chi connectivity index (χ2n) is 15.0. The van der Waals surface area contributed by atoms with Gasteiger partial charge in [0, 0.05) is 23.7 Å². The third-order valence-electron chi connectivity index (χ3n) is 10.5. The maximum Gasteiger partial charge on any atom is 0.407 e. The second-order valence-corrected chi connectivity index (χ2v) is 15.0. The third-order valence-corrected chi connectivity index (χ3v) is 10.5. The number of likely N-dealkylation sites (tertiary alicyclic amines) is 2. The quantitative estimate of drug-likeness (QED) is 0.155. The molecule has 14 nitrogen and oxygen atoms in total. The molecule has 2 aliphatic rings. The van der Waals surface area contributed by atoms with Gasteiger partial charge in [-0.2, -0.15) is 0 Å². The Labute approximate surface area is 321 Å². The van der Waals surface area contributed by atoms with Crippen molar-refractivity contribution in [2.24, 2.45) is 11.8 Å². The molecule has 0 unspecified atom stereocenters. The molecule has 4 aromatic rings. The van der Waals surface area contributed by atoms with Gasteiger partial charge in [0.25, 0.3) is 0 Å². The van der Waals surface area contributed by atoms with E-state index in [-0.39, 0.29) is 41.8 Å². The van der Waals surface area contributed by atoms with Gasteiger partial charge in [0.1, 0.15) is 23.7 Å². The molecule has 5 atom stereocenters. The number of methoxy groups -OCH3 is 2. The fourth-order valence-corrected chi connectivity index (χ4v) is 7.47. The van der Waals surface area contributed by atoms with Gasteiger partial charge in [0.15, 0.2) is 0 Å². The van der Waals surface area contributed by atoms with E-state index >= 15 is 0 Å². The summed E-state index contributed by atoms with van der Waals surface area (Å²) in [4.78, 5) is 71.2. The molecule has 4 amide bonds.